The van der Waals surface area contributed by atoms with Crippen LogP contribution in [0.4, 0.5) is 0 Å². The Morgan fingerprint density at radius 1 is 1.09 bits per heavy atom. The highest BCUT2D eigenvalue weighted by Gasteiger charge is 2.23. The first kappa shape index (κ1) is 14.5. The topological polar surface area (TPSA) is 38.9 Å². The van der Waals surface area contributed by atoms with Crippen molar-refractivity contribution in [3.8, 4) is 11.5 Å². The van der Waals surface area contributed by atoms with Gasteiger partial charge in [-0.05, 0) is 48.4 Å². The van der Waals surface area contributed by atoms with Crippen LogP contribution in [0.15, 0.2) is 58.2 Å². The van der Waals surface area contributed by atoms with Crippen LogP contribution in [-0.4, -0.2) is 16.0 Å². The number of rotatable bonds is 4. The van der Waals surface area contributed by atoms with Crippen LogP contribution in [0.5, 0.6) is 0 Å². The van der Waals surface area contributed by atoms with E-state index in [2.05, 4.69) is 47.5 Å². The van der Waals surface area contributed by atoms with E-state index in [0.29, 0.717) is 17.0 Å². The first-order valence-electron chi connectivity index (χ1n) is 7.91. The molecule has 4 rings (SSSR count). The normalized spacial score (nSPS) is 16.5. The second kappa shape index (κ2) is 6.20. The minimum absolute atomic E-state index is 0.588. The number of hydrogen-bond acceptors (Lipinski definition) is 4. The number of benzene rings is 2. The molecule has 0 bridgehead atoms. The lowest BCUT2D eigenvalue weighted by atomic mass is 10.0. The molecule has 3 aromatic rings. The maximum Gasteiger partial charge on any atom is 0.276 e. The third-order valence-electron chi connectivity index (χ3n) is 4.45. The highest BCUT2D eigenvalue weighted by molar-refractivity contribution is 7.99. The maximum absolute atomic E-state index is 5.84. The number of nitrogens with zero attached hydrogens (tertiary/aromatic N) is 2. The van der Waals surface area contributed by atoms with E-state index < -0.39 is 0 Å². The molecule has 0 spiro atoms. The fraction of sp³-hybridized carbons (Fsp3) is 0.263. The van der Waals surface area contributed by atoms with Crippen molar-refractivity contribution < 1.29 is 4.42 Å². The van der Waals surface area contributed by atoms with Gasteiger partial charge in [-0.2, -0.15) is 0 Å². The first-order chi connectivity index (χ1) is 11.3. The average molecular weight is 322 g/mol. The zero-order chi connectivity index (χ0) is 15.6. The quantitative estimate of drug-likeness (QED) is 0.643. The molecule has 116 valence electrons. The predicted molar refractivity (Wildman–Crippen MR) is 92.7 cm³/mol. The highest BCUT2D eigenvalue weighted by atomic mass is 32.2. The molecule has 1 aliphatic carbocycles. The number of fused-ring (bicyclic) bond motifs is 1. The van der Waals surface area contributed by atoms with Gasteiger partial charge in [0.05, 0.1) is 0 Å². The van der Waals surface area contributed by atoms with Crippen LogP contribution in [-0.2, 0) is 6.42 Å². The lowest BCUT2D eigenvalue weighted by Gasteiger charge is -2.08. The molecule has 1 heterocycles. The Hall–Kier alpha value is -2.07. The molecule has 1 atom stereocenters. The molecule has 0 radical (unpaired) electrons. The summed E-state index contributed by atoms with van der Waals surface area (Å²) in [5.74, 6) is 2.19. The Morgan fingerprint density at radius 2 is 1.91 bits per heavy atom. The zero-order valence-corrected chi connectivity index (χ0v) is 13.8. The third-order valence-corrected chi connectivity index (χ3v) is 5.43. The standard InChI is InChI=1S/C19H18N2OS/c1-13-6-2-4-8-16(13)18-20-21-19(22-18)23-12-15-11-10-14-7-3-5-9-17(14)15/h2-9,15H,10-12H2,1H3/t15-/m1/s1. The zero-order valence-electron chi connectivity index (χ0n) is 13.0. The molecule has 0 aliphatic heterocycles. The van der Waals surface area contributed by atoms with Gasteiger partial charge in [-0.15, -0.1) is 10.2 Å². The van der Waals surface area contributed by atoms with E-state index in [1.165, 1.54) is 24.0 Å². The molecule has 0 amide bonds. The molecule has 0 saturated heterocycles. The van der Waals surface area contributed by atoms with Crippen LogP contribution in [0, 0.1) is 6.92 Å². The molecule has 2 aromatic carbocycles. The van der Waals surface area contributed by atoms with Crippen molar-refractivity contribution in [2.75, 3.05) is 5.75 Å². The van der Waals surface area contributed by atoms with Gasteiger partial charge in [-0.25, -0.2) is 0 Å². The van der Waals surface area contributed by atoms with Crippen molar-refractivity contribution in [3.63, 3.8) is 0 Å². The monoisotopic (exact) mass is 322 g/mol. The van der Waals surface area contributed by atoms with Gasteiger partial charge in [-0.1, -0.05) is 54.2 Å². The van der Waals surface area contributed by atoms with Crippen LogP contribution in [0.1, 0.15) is 29.0 Å². The van der Waals surface area contributed by atoms with E-state index in [9.17, 15) is 0 Å². The summed E-state index contributed by atoms with van der Waals surface area (Å²) in [6, 6.07) is 16.8. The largest absolute Gasteiger partial charge is 0.411 e. The number of aryl methyl sites for hydroxylation is 2. The first-order valence-corrected chi connectivity index (χ1v) is 8.90. The summed E-state index contributed by atoms with van der Waals surface area (Å²) in [6.45, 7) is 2.06. The second-order valence-corrected chi connectivity index (χ2v) is 6.90. The van der Waals surface area contributed by atoms with E-state index in [0.717, 1.165) is 16.9 Å². The van der Waals surface area contributed by atoms with Gasteiger partial charge >= 0.3 is 0 Å². The minimum atomic E-state index is 0.588. The number of aromatic nitrogens is 2. The van der Waals surface area contributed by atoms with E-state index >= 15 is 0 Å². The van der Waals surface area contributed by atoms with Crippen LogP contribution >= 0.6 is 11.8 Å². The molecular weight excluding hydrogens is 304 g/mol. The van der Waals surface area contributed by atoms with Crippen molar-refractivity contribution in [1.82, 2.24) is 10.2 Å². The fourth-order valence-electron chi connectivity index (χ4n) is 3.18. The summed E-state index contributed by atoms with van der Waals surface area (Å²) < 4.78 is 5.84. The second-order valence-electron chi connectivity index (χ2n) is 5.93. The Morgan fingerprint density at radius 3 is 2.83 bits per heavy atom. The molecule has 4 heteroatoms. The smallest absolute Gasteiger partial charge is 0.276 e. The Bertz CT molecular complexity index is 827. The van der Waals surface area contributed by atoms with Crippen LogP contribution in [0.2, 0.25) is 0 Å². The summed E-state index contributed by atoms with van der Waals surface area (Å²) >= 11 is 1.66. The molecule has 1 aromatic heterocycles. The number of thioether (sulfide) groups is 1. The van der Waals surface area contributed by atoms with Gasteiger partial charge in [0.25, 0.3) is 5.22 Å². The van der Waals surface area contributed by atoms with E-state index in [-0.39, 0.29) is 0 Å². The molecule has 0 unspecified atom stereocenters. The minimum Gasteiger partial charge on any atom is -0.411 e. The van der Waals surface area contributed by atoms with Gasteiger partial charge in [0.1, 0.15) is 0 Å². The average Bonchev–Trinajstić information content (AvgIpc) is 3.20. The predicted octanol–water partition coefficient (Wildman–Crippen LogP) is 4.87. The van der Waals surface area contributed by atoms with Crippen LogP contribution in [0.25, 0.3) is 11.5 Å². The lowest BCUT2D eigenvalue weighted by Crippen LogP contribution is -1.96. The van der Waals surface area contributed by atoms with Crippen molar-refractivity contribution in [2.45, 2.75) is 30.9 Å². The van der Waals surface area contributed by atoms with Crippen molar-refractivity contribution in [2.24, 2.45) is 0 Å². The Balaban J connectivity index is 1.46. The molecule has 1 aliphatic rings. The van der Waals surface area contributed by atoms with Gasteiger partial charge in [-0.3, -0.25) is 0 Å². The summed E-state index contributed by atoms with van der Waals surface area (Å²) in [6.07, 6.45) is 2.39. The Labute approximate surface area is 140 Å². The molecule has 3 nitrogen and oxygen atoms in total. The van der Waals surface area contributed by atoms with Gasteiger partial charge in [0.15, 0.2) is 0 Å². The van der Waals surface area contributed by atoms with Crippen molar-refractivity contribution >= 4 is 11.8 Å². The van der Waals surface area contributed by atoms with E-state index in [4.69, 9.17) is 4.42 Å². The number of hydrogen-bond donors (Lipinski definition) is 0. The SMILES string of the molecule is Cc1ccccc1-c1nnc(SC[C@H]2CCc3ccccc32)o1. The molecular formula is C19H18N2OS. The van der Waals surface area contributed by atoms with Gasteiger partial charge < -0.3 is 4.42 Å². The summed E-state index contributed by atoms with van der Waals surface area (Å²) in [5.41, 5.74) is 5.14. The summed E-state index contributed by atoms with van der Waals surface area (Å²) in [7, 11) is 0. The highest BCUT2D eigenvalue weighted by Crippen LogP contribution is 2.37. The van der Waals surface area contributed by atoms with E-state index in [1.54, 1.807) is 11.8 Å². The third kappa shape index (κ3) is 2.91. The molecule has 23 heavy (non-hydrogen) atoms. The van der Waals surface area contributed by atoms with Crippen molar-refractivity contribution in [3.05, 3.63) is 65.2 Å². The lowest BCUT2D eigenvalue weighted by molar-refractivity contribution is 0.465. The van der Waals surface area contributed by atoms with Gasteiger partial charge in [0, 0.05) is 11.3 Å². The van der Waals surface area contributed by atoms with Crippen LogP contribution in [0.3, 0.4) is 0 Å². The Kier molecular flexibility index (Phi) is 3.92. The fourth-order valence-corrected chi connectivity index (χ4v) is 4.11. The molecule has 0 fully saturated rings. The summed E-state index contributed by atoms with van der Waals surface area (Å²) in [4.78, 5) is 0. The summed E-state index contributed by atoms with van der Waals surface area (Å²) in [5, 5.41) is 9.06. The molecule has 0 N–H and O–H groups in total. The van der Waals surface area contributed by atoms with Crippen molar-refractivity contribution in [1.29, 1.82) is 0 Å². The van der Waals surface area contributed by atoms with Crippen LogP contribution < -0.4 is 0 Å². The maximum atomic E-state index is 5.84. The van der Waals surface area contributed by atoms with E-state index in [1.807, 2.05) is 18.2 Å². The molecule has 0 saturated carbocycles. The van der Waals surface area contributed by atoms with Gasteiger partial charge in [0.2, 0.25) is 5.89 Å².